The Labute approximate surface area is 183 Å². The maximum atomic E-state index is 4.61. The molecule has 2 heterocycles. The highest BCUT2D eigenvalue weighted by Gasteiger charge is 2.31. The summed E-state index contributed by atoms with van der Waals surface area (Å²) in [6.07, 6.45) is 4.54. The molecule has 2 aromatic heterocycles. The molecule has 0 aliphatic heterocycles. The molecule has 0 amide bonds. The van der Waals surface area contributed by atoms with Gasteiger partial charge in [0.1, 0.15) is 0 Å². The van der Waals surface area contributed by atoms with E-state index in [9.17, 15) is 0 Å². The van der Waals surface area contributed by atoms with Crippen molar-refractivity contribution in [3.05, 3.63) is 83.3 Å². The molecular weight excluding hydrogens is 382 g/mol. The Kier molecular flexibility index (Phi) is 5.20. The molecule has 4 aromatic rings. The van der Waals surface area contributed by atoms with Gasteiger partial charge in [0.15, 0.2) is 0 Å². The minimum absolute atomic E-state index is 0.655. The Morgan fingerprint density at radius 1 is 0.935 bits per heavy atom. The van der Waals surface area contributed by atoms with Crippen molar-refractivity contribution in [3.63, 3.8) is 0 Å². The van der Waals surface area contributed by atoms with Crippen LogP contribution >= 0.6 is 0 Å². The summed E-state index contributed by atoms with van der Waals surface area (Å²) in [5.41, 5.74) is 9.75. The highest BCUT2D eigenvalue weighted by Crippen LogP contribution is 2.33. The number of hydrogen-bond acceptors (Lipinski definition) is 3. The predicted octanol–water partition coefficient (Wildman–Crippen LogP) is 5.26. The lowest BCUT2D eigenvalue weighted by atomic mass is 10.0. The third-order valence-electron chi connectivity index (χ3n) is 6.46. The first-order valence-corrected chi connectivity index (χ1v) is 11.0. The zero-order chi connectivity index (χ0) is 21.4. The lowest BCUT2D eigenvalue weighted by Gasteiger charge is -2.22. The molecule has 1 aliphatic rings. The van der Waals surface area contributed by atoms with Gasteiger partial charge < -0.3 is 0 Å². The largest absolute Gasteiger partial charge is 0.292 e. The number of rotatable bonds is 7. The van der Waals surface area contributed by atoms with E-state index in [1.54, 1.807) is 0 Å². The van der Waals surface area contributed by atoms with E-state index in [0.29, 0.717) is 6.04 Å². The molecule has 31 heavy (non-hydrogen) atoms. The van der Waals surface area contributed by atoms with Gasteiger partial charge in [-0.25, -0.2) is 0 Å². The molecule has 2 aromatic carbocycles. The molecule has 0 bridgehead atoms. The topological polar surface area (TPSA) is 49.7 Å². The summed E-state index contributed by atoms with van der Waals surface area (Å²) in [5.74, 6) is 0. The zero-order valence-corrected chi connectivity index (χ0v) is 18.5. The minimum atomic E-state index is 0.655. The van der Waals surface area contributed by atoms with Crippen LogP contribution in [0.4, 0.5) is 0 Å². The lowest BCUT2D eigenvalue weighted by molar-refractivity contribution is 0.245. The second-order valence-corrected chi connectivity index (χ2v) is 8.62. The van der Waals surface area contributed by atoms with E-state index in [4.69, 9.17) is 0 Å². The third kappa shape index (κ3) is 4.06. The molecule has 0 saturated heterocycles. The maximum absolute atomic E-state index is 4.61. The first-order chi connectivity index (χ1) is 15.1. The van der Waals surface area contributed by atoms with Gasteiger partial charge in [-0.05, 0) is 43.4 Å². The van der Waals surface area contributed by atoms with Gasteiger partial charge >= 0.3 is 0 Å². The van der Waals surface area contributed by atoms with Crippen LogP contribution in [0, 0.1) is 13.8 Å². The van der Waals surface area contributed by atoms with E-state index in [-0.39, 0.29) is 0 Å². The van der Waals surface area contributed by atoms with E-state index in [1.807, 2.05) is 17.9 Å². The monoisotopic (exact) mass is 411 g/mol. The van der Waals surface area contributed by atoms with Crippen molar-refractivity contribution in [2.75, 3.05) is 0 Å². The number of nitrogens with zero attached hydrogens (tertiary/aromatic N) is 4. The minimum Gasteiger partial charge on any atom is -0.292 e. The number of nitrogens with one attached hydrogen (secondary N) is 1. The second-order valence-electron chi connectivity index (χ2n) is 8.62. The Bertz CT molecular complexity index is 1170. The first-order valence-electron chi connectivity index (χ1n) is 11.0. The Morgan fingerprint density at radius 2 is 1.61 bits per heavy atom. The van der Waals surface area contributed by atoms with Crippen LogP contribution in [-0.2, 0) is 20.1 Å². The molecule has 5 heteroatoms. The summed E-state index contributed by atoms with van der Waals surface area (Å²) in [4.78, 5) is 2.59. The summed E-state index contributed by atoms with van der Waals surface area (Å²) in [5, 5.41) is 12.2. The molecular formula is C26H29N5. The summed E-state index contributed by atoms with van der Waals surface area (Å²) >= 11 is 0. The number of H-pyrrole nitrogens is 1. The maximum Gasteiger partial charge on any atom is 0.0695 e. The Hall–Kier alpha value is -3.18. The highest BCUT2D eigenvalue weighted by atomic mass is 15.3. The molecule has 1 fully saturated rings. The van der Waals surface area contributed by atoms with Crippen LogP contribution in [0.15, 0.2) is 60.8 Å². The van der Waals surface area contributed by atoms with Crippen molar-refractivity contribution < 1.29 is 0 Å². The van der Waals surface area contributed by atoms with Crippen molar-refractivity contribution in [1.82, 2.24) is 24.9 Å². The normalized spacial score (nSPS) is 13.8. The van der Waals surface area contributed by atoms with Crippen LogP contribution in [0.1, 0.15) is 35.4 Å². The summed E-state index contributed by atoms with van der Waals surface area (Å²) in [7, 11) is 2.03. The average molecular weight is 412 g/mol. The van der Waals surface area contributed by atoms with E-state index in [1.165, 1.54) is 46.4 Å². The SMILES string of the molecule is Cc1nn(C)c(C)c1CN(Cc1cn[nH]c1-c1ccc(-c2ccccc2)cc1)C1CC1. The molecule has 5 rings (SSSR count). The molecule has 0 unspecified atom stereocenters. The standard InChI is InChI=1S/C26H29N5/c1-18-25(19(2)30(3)29-18)17-31(24-13-14-24)16-23-15-27-28-26(23)22-11-9-21(10-12-22)20-7-5-4-6-8-20/h4-12,15,24H,13-14,16-17H2,1-3H3,(H,27,28). The van der Waals surface area contributed by atoms with Gasteiger partial charge in [0.05, 0.1) is 17.6 Å². The van der Waals surface area contributed by atoms with Gasteiger partial charge in [0.25, 0.3) is 0 Å². The highest BCUT2D eigenvalue weighted by molar-refractivity contribution is 5.70. The van der Waals surface area contributed by atoms with Crippen molar-refractivity contribution >= 4 is 0 Å². The fourth-order valence-electron chi connectivity index (χ4n) is 4.36. The molecule has 1 aliphatic carbocycles. The van der Waals surface area contributed by atoms with Gasteiger partial charge in [-0.3, -0.25) is 14.7 Å². The Balaban J connectivity index is 1.38. The number of hydrogen-bond donors (Lipinski definition) is 1. The number of aryl methyl sites for hydroxylation is 2. The van der Waals surface area contributed by atoms with Crippen LogP contribution in [0.25, 0.3) is 22.4 Å². The molecule has 1 N–H and O–H groups in total. The molecule has 0 atom stereocenters. The zero-order valence-electron chi connectivity index (χ0n) is 18.5. The summed E-state index contributed by atoms with van der Waals surface area (Å²) in [6, 6.07) is 19.9. The van der Waals surface area contributed by atoms with Crippen LogP contribution < -0.4 is 0 Å². The van der Waals surface area contributed by atoms with Crippen molar-refractivity contribution in [3.8, 4) is 22.4 Å². The second kappa shape index (κ2) is 8.16. The molecule has 0 radical (unpaired) electrons. The van der Waals surface area contributed by atoms with Crippen LogP contribution in [0.3, 0.4) is 0 Å². The van der Waals surface area contributed by atoms with Crippen LogP contribution in [0.5, 0.6) is 0 Å². The van der Waals surface area contributed by atoms with Crippen molar-refractivity contribution in [2.45, 2.75) is 45.8 Å². The van der Waals surface area contributed by atoms with E-state index >= 15 is 0 Å². The number of aromatic amines is 1. The van der Waals surface area contributed by atoms with Gasteiger partial charge in [0, 0.05) is 43.0 Å². The van der Waals surface area contributed by atoms with Crippen LogP contribution in [-0.4, -0.2) is 30.9 Å². The number of aromatic nitrogens is 4. The fourth-order valence-corrected chi connectivity index (χ4v) is 4.36. The van der Waals surface area contributed by atoms with Gasteiger partial charge in [-0.1, -0.05) is 54.6 Å². The summed E-state index contributed by atoms with van der Waals surface area (Å²) in [6.45, 7) is 6.11. The predicted molar refractivity (Wildman–Crippen MR) is 124 cm³/mol. The van der Waals surface area contributed by atoms with Crippen molar-refractivity contribution in [1.29, 1.82) is 0 Å². The Morgan fingerprint density at radius 3 is 2.26 bits per heavy atom. The first kappa shape index (κ1) is 19.8. The molecule has 158 valence electrons. The number of benzene rings is 2. The van der Waals surface area contributed by atoms with Gasteiger partial charge in [0.2, 0.25) is 0 Å². The van der Waals surface area contributed by atoms with Gasteiger partial charge in [-0.15, -0.1) is 0 Å². The fraction of sp³-hybridized carbons (Fsp3) is 0.308. The van der Waals surface area contributed by atoms with E-state index in [0.717, 1.165) is 24.5 Å². The summed E-state index contributed by atoms with van der Waals surface area (Å²) < 4.78 is 1.99. The average Bonchev–Trinajstić information content (AvgIpc) is 3.49. The van der Waals surface area contributed by atoms with E-state index in [2.05, 4.69) is 88.6 Å². The molecule has 0 spiro atoms. The smallest absolute Gasteiger partial charge is 0.0695 e. The van der Waals surface area contributed by atoms with Crippen LogP contribution in [0.2, 0.25) is 0 Å². The van der Waals surface area contributed by atoms with Gasteiger partial charge in [-0.2, -0.15) is 10.2 Å². The lowest BCUT2D eigenvalue weighted by Crippen LogP contribution is -2.25. The third-order valence-corrected chi connectivity index (χ3v) is 6.46. The van der Waals surface area contributed by atoms with Crippen molar-refractivity contribution in [2.24, 2.45) is 7.05 Å². The quantitative estimate of drug-likeness (QED) is 0.451. The molecule has 1 saturated carbocycles. The molecule has 5 nitrogen and oxygen atoms in total. The van der Waals surface area contributed by atoms with E-state index < -0.39 is 0 Å².